The quantitative estimate of drug-likeness (QED) is 0.560. The maximum Gasteiger partial charge on any atom is 0.135 e. The minimum atomic E-state index is -0.676. The number of rotatable bonds is 3. The molecule has 0 bridgehead atoms. The van der Waals surface area contributed by atoms with Crippen molar-refractivity contribution in [1.29, 1.82) is 0 Å². The minimum absolute atomic E-state index is 0.177. The number of aromatic nitrogens is 4. The minimum Gasteiger partial charge on any atom is -0.497 e. The van der Waals surface area contributed by atoms with E-state index in [9.17, 15) is 8.78 Å². The van der Waals surface area contributed by atoms with Crippen LogP contribution in [0.5, 0.6) is 5.75 Å². The second kappa shape index (κ2) is 6.18. The number of hydrogen-bond acceptors (Lipinski definition) is 4. The summed E-state index contributed by atoms with van der Waals surface area (Å²) < 4.78 is 35.4. The van der Waals surface area contributed by atoms with Crippen molar-refractivity contribution in [2.24, 2.45) is 7.05 Å². The highest BCUT2D eigenvalue weighted by atomic mass is 19.1. The summed E-state index contributed by atoms with van der Waals surface area (Å²) in [6, 6.07) is 9.12. The Balaban J connectivity index is 2.00. The van der Waals surface area contributed by atoms with E-state index >= 15 is 0 Å². The summed E-state index contributed by atoms with van der Waals surface area (Å²) in [4.78, 5) is 8.60. The molecule has 0 saturated carbocycles. The lowest BCUT2D eigenvalue weighted by molar-refractivity contribution is 0.415. The van der Waals surface area contributed by atoms with E-state index in [0.29, 0.717) is 22.5 Å². The normalized spacial score (nSPS) is 11.1. The van der Waals surface area contributed by atoms with Crippen LogP contribution in [0.25, 0.3) is 33.4 Å². The number of aryl methyl sites for hydroxylation is 1. The van der Waals surface area contributed by atoms with Crippen LogP contribution in [0.4, 0.5) is 8.78 Å². The largest absolute Gasteiger partial charge is 0.497 e. The second-order valence-corrected chi connectivity index (χ2v) is 5.77. The van der Waals surface area contributed by atoms with E-state index < -0.39 is 11.6 Å². The first-order valence-corrected chi connectivity index (χ1v) is 7.85. The molecule has 0 aliphatic heterocycles. The number of benzene rings is 2. The first kappa shape index (κ1) is 16.1. The van der Waals surface area contributed by atoms with Crippen LogP contribution in [0.15, 0.2) is 48.9 Å². The van der Waals surface area contributed by atoms with Crippen molar-refractivity contribution in [3.8, 4) is 28.3 Å². The third kappa shape index (κ3) is 2.57. The predicted octanol–water partition coefficient (Wildman–Crippen LogP) is 3.98. The van der Waals surface area contributed by atoms with Crippen molar-refractivity contribution in [1.82, 2.24) is 19.7 Å². The van der Waals surface area contributed by atoms with Crippen LogP contribution in [-0.4, -0.2) is 26.9 Å². The zero-order valence-electron chi connectivity index (χ0n) is 14.1. The van der Waals surface area contributed by atoms with Gasteiger partial charge in [-0.3, -0.25) is 4.68 Å². The Morgan fingerprint density at radius 3 is 2.50 bits per heavy atom. The van der Waals surface area contributed by atoms with Crippen molar-refractivity contribution < 1.29 is 13.5 Å². The molecule has 7 heteroatoms. The fourth-order valence-corrected chi connectivity index (χ4v) is 2.95. The molecular weight excluding hydrogens is 338 g/mol. The number of nitrogens with zero attached hydrogens (tertiary/aromatic N) is 4. The second-order valence-electron chi connectivity index (χ2n) is 5.77. The molecule has 0 N–H and O–H groups in total. The molecule has 0 spiro atoms. The van der Waals surface area contributed by atoms with E-state index in [-0.39, 0.29) is 11.3 Å². The van der Waals surface area contributed by atoms with E-state index in [1.165, 1.54) is 29.2 Å². The van der Waals surface area contributed by atoms with Crippen molar-refractivity contribution in [2.75, 3.05) is 7.11 Å². The van der Waals surface area contributed by atoms with Crippen molar-refractivity contribution >= 4 is 10.9 Å². The number of hydrogen-bond donors (Lipinski definition) is 0. The van der Waals surface area contributed by atoms with Crippen molar-refractivity contribution in [3.63, 3.8) is 0 Å². The smallest absolute Gasteiger partial charge is 0.135 e. The summed E-state index contributed by atoms with van der Waals surface area (Å²) in [6.45, 7) is 0. The molecule has 0 amide bonds. The molecule has 2 aromatic heterocycles. The highest BCUT2D eigenvalue weighted by molar-refractivity contribution is 5.96. The number of fused-ring (bicyclic) bond motifs is 1. The van der Waals surface area contributed by atoms with Crippen LogP contribution < -0.4 is 4.74 Å². The standard InChI is InChI=1S/C19H14F2N4O/c1-25-9-13(19(24-25)17-14(20)4-3-5-15(17)21)18-12-7-6-11(26-2)8-16(12)22-10-23-18/h3-10H,1-2H3. The molecule has 0 aliphatic rings. The molecule has 0 aliphatic carbocycles. The van der Waals surface area contributed by atoms with Gasteiger partial charge in [0.2, 0.25) is 0 Å². The lowest BCUT2D eigenvalue weighted by Crippen LogP contribution is -1.95. The zero-order valence-corrected chi connectivity index (χ0v) is 14.1. The highest BCUT2D eigenvalue weighted by Crippen LogP contribution is 2.36. The van der Waals surface area contributed by atoms with Crippen LogP contribution in [-0.2, 0) is 7.05 Å². The van der Waals surface area contributed by atoms with Gasteiger partial charge in [0, 0.05) is 30.3 Å². The Bertz CT molecular complexity index is 1100. The van der Waals surface area contributed by atoms with Gasteiger partial charge in [-0.1, -0.05) is 6.07 Å². The van der Waals surface area contributed by atoms with Gasteiger partial charge in [-0.2, -0.15) is 5.10 Å². The van der Waals surface area contributed by atoms with Crippen LogP contribution in [0, 0.1) is 11.6 Å². The Kier molecular flexibility index (Phi) is 3.84. The number of ether oxygens (including phenoxy) is 1. The van der Waals surface area contributed by atoms with Gasteiger partial charge in [0.25, 0.3) is 0 Å². The molecule has 2 aromatic carbocycles. The van der Waals surface area contributed by atoms with Crippen molar-refractivity contribution in [3.05, 3.63) is 60.6 Å². The average molecular weight is 352 g/mol. The van der Waals surface area contributed by atoms with E-state index in [1.54, 1.807) is 32.5 Å². The Labute approximate surface area is 147 Å². The molecule has 26 heavy (non-hydrogen) atoms. The zero-order chi connectivity index (χ0) is 18.3. The molecule has 0 unspecified atom stereocenters. The number of halogens is 2. The predicted molar refractivity (Wildman–Crippen MR) is 93.6 cm³/mol. The SMILES string of the molecule is COc1ccc2c(-c3cn(C)nc3-c3c(F)cccc3F)ncnc2c1. The fourth-order valence-electron chi connectivity index (χ4n) is 2.95. The molecule has 4 rings (SSSR count). The average Bonchev–Trinajstić information content (AvgIpc) is 3.01. The Morgan fingerprint density at radius 2 is 1.77 bits per heavy atom. The first-order valence-electron chi connectivity index (χ1n) is 7.85. The summed E-state index contributed by atoms with van der Waals surface area (Å²) in [5, 5.41) is 5.01. The molecule has 4 aromatic rings. The molecule has 0 fully saturated rings. The van der Waals surface area contributed by atoms with Gasteiger partial charge in [0.05, 0.1) is 23.9 Å². The van der Waals surface area contributed by atoms with Crippen LogP contribution in [0.2, 0.25) is 0 Å². The third-order valence-electron chi connectivity index (χ3n) is 4.13. The van der Waals surface area contributed by atoms with Gasteiger partial charge in [0.1, 0.15) is 29.4 Å². The summed E-state index contributed by atoms with van der Waals surface area (Å²) in [5.74, 6) is -0.691. The fraction of sp³-hybridized carbons (Fsp3) is 0.105. The number of methoxy groups -OCH3 is 1. The summed E-state index contributed by atoms with van der Waals surface area (Å²) in [5.41, 5.74) is 1.75. The van der Waals surface area contributed by atoms with Crippen LogP contribution in [0.3, 0.4) is 0 Å². The molecular formula is C19H14F2N4O. The molecule has 130 valence electrons. The highest BCUT2D eigenvalue weighted by Gasteiger charge is 2.21. The van der Waals surface area contributed by atoms with Gasteiger partial charge in [0.15, 0.2) is 0 Å². The molecule has 0 radical (unpaired) electrons. The topological polar surface area (TPSA) is 52.8 Å². The maximum absolute atomic E-state index is 14.3. The van der Waals surface area contributed by atoms with Gasteiger partial charge >= 0.3 is 0 Å². The van der Waals surface area contributed by atoms with Crippen molar-refractivity contribution in [2.45, 2.75) is 0 Å². The van der Waals surface area contributed by atoms with Gasteiger partial charge in [-0.05, 0) is 24.3 Å². The van der Waals surface area contributed by atoms with E-state index in [2.05, 4.69) is 15.1 Å². The third-order valence-corrected chi connectivity index (χ3v) is 4.13. The first-order chi connectivity index (χ1) is 12.6. The molecule has 2 heterocycles. The lowest BCUT2D eigenvalue weighted by atomic mass is 10.0. The van der Waals surface area contributed by atoms with Gasteiger partial charge < -0.3 is 4.74 Å². The van der Waals surface area contributed by atoms with Gasteiger partial charge in [-0.15, -0.1) is 0 Å². The van der Waals surface area contributed by atoms with Crippen LogP contribution >= 0.6 is 0 Å². The Morgan fingerprint density at radius 1 is 1.00 bits per heavy atom. The van der Waals surface area contributed by atoms with Crippen LogP contribution in [0.1, 0.15) is 0 Å². The van der Waals surface area contributed by atoms with Gasteiger partial charge in [-0.25, -0.2) is 18.7 Å². The summed E-state index contributed by atoms with van der Waals surface area (Å²) in [7, 11) is 3.27. The molecule has 0 atom stereocenters. The summed E-state index contributed by atoms with van der Waals surface area (Å²) in [6.07, 6.45) is 3.10. The Hall–Kier alpha value is -3.35. The summed E-state index contributed by atoms with van der Waals surface area (Å²) >= 11 is 0. The van der Waals surface area contributed by atoms with E-state index in [4.69, 9.17) is 4.74 Å². The van der Waals surface area contributed by atoms with E-state index in [0.717, 1.165) is 5.39 Å². The molecule has 5 nitrogen and oxygen atoms in total. The lowest BCUT2D eigenvalue weighted by Gasteiger charge is -2.08. The monoisotopic (exact) mass is 352 g/mol. The molecule has 0 saturated heterocycles. The van der Waals surface area contributed by atoms with E-state index in [1.807, 2.05) is 6.07 Å². The maximum atomic E-state index is 14.3.